The first kappa shape index (κ1) is 19.4. The highest BCUT2D eigenvalue weighted by atomic mass is 79.9. The van der Waals surface area contributed by atoms with Crippen molar-refractivity contribution in [3.8, 4) is 0 Å². The molecule has 3 aromatic rings. The number of rotatable bonds is 4. The molecule has 3 aromatic carbocycles. The molecule has 7 heteroatoms. The van der Waals surface area contributed by atoms with Crippen LogP contribution in [0, 0.1) is 0 Å². The summed E-state index contributed by atoms with van der Waals surface area (Å²) in [5, 5.41) is 0. The van der Waals surface area contributed by atoms with Gasteiger partial charge in [-0.3, -0.25) is 4.31 Å². The van der Waals surface area contributed by atoms with Crippen molar-refractivity contribution in [2.24, 2.45) is 0 Å². The predicted molar refractivity (Wildman–Crippen MR) is 113 cm³/mol. The van der Waals surface area contributed by atoms with Gasteiger partial charge < -0.3 is 4.74 Å². The van der Waals surface area contributed by atoms with Crippen LogP contribution >= 0.6 is 15.9 Å². The van der Waals surface area contributed by atoms with E-state index in [9.17, 15) is 13.2 Å². The molecule has 0 bridgehead atoms. The molecule has 5 nitrogen and oxygen atoms in total. The van der Waals surface area contributed by atoms with Crippen molar-refractivity contribution in [1.29, 1.82) is 0 Å². The van der Waals surface area contributed by atoms with Crippen molar-refractivity contribution in [2.75, 3.05) is 0 Å². The zero-order chi connectivity index (χ0) is 20.4. The molecule has 0 aliphatic carbocycles. The van der Waals surface area contributed by atoms with E-state index in [-0.39, 0.29) is 17.2 Å². The summed E-state index contributed by atoms with van der Waals surface area (Å²) < 4.78 is 33.8. The van der Waals surface area contributed by atoms with Gasteiger partial charge in [0.05, 0.1) is 23.2 Å². The Hall–Kier alpha value is -2.90. The first-order chi connectivity index (χ1) is 13.9. The molecule has 1 heterocycles. The lowest BCUT2D eigenvalue weighted by Gasteiger charge is -2.27. The highest BCUT2D eigenvalue weighted by Crippen LogP contribution is 2.34. The van der Waals surface area contributed by atoms with Crippen molar-refractivity contribution in [2.45, 2.75) is 11.4 Å². The Kier molecular flexibility index (Phi) is 5.25. The van der Waals surface area contributed by atoms with Crippen LogP contribution in [0.25, 0.3) is 5.76 Å². The zero-order valence-corrected chi connectivity index (χ0v) is 17.6. The lowest BCUT2D eigenvalue weighted by molar-refractivity contribution is 0.0688. The Morgan fingerprint density at radius 2 is 1.55 bits per heavy atom. The first-order valence-electron chi connectivity index (χ1n) is 8.80. The lowest BCUT2D eigenvalue weighted by atomic mass is 10.1. The van der Waals surface area contributed by atoms with Crippen LogP contribution in [0.15, 0.2) is 94.4 Å². The molecule has 1 aliphatic rings. The Balaban J connectivity index is 1.72. The number of benzene rings is 3. The van der Waals surface area contributed by atoms with Crippen molar-refractivity contribution < 1.29 is 17.9 Å². The fourth-order valence-corrected chi connectivity index (χ4v) is 4.78. The van der Waals surface area contributed by atoms with Crippen LogP contribution in [0.5, 0.6) is 0 Å². The van der Waals surface area contributed by atoms with E-state index >= 15 is 0 Å². The van der Waals surface area contributed by atoms with Crippen molar-refractivity contribution >= 4 is 37.7 Å². The van der Waals surface area contributed by atoms with Crippen LogP contribution in [0.4, 0.5) is 0 Å². The highest BCUT2D eigenvalue weighted by Gasteiger charge is 2.32. The molecular formula is C22H16BrNO4S. The summed E-state index contributed by atoms with van der Waals surface area (Å²) in [4.78, 5) is 12.7. The van der Waals surface area contributed by atoms with Crippen molar-refractivity contribution in [3.05, 3.63) is 106 Å². The van der Waals surface area contributed by atoms with Gasteiger partial charge in [-0.15, -0.1) is 0 Å². The van der Waals surface area contributed by atoms with E-state index in [0.29, 0.717) is 11.1 Å². The van der Waals surface area contributed by atoms with E-state index in [1.54, 1.807) is 42.5 Å². The smallest absolute Gasteiger partial charge is 0.343 e. The third-order valence-electron chi connectivity index (χ3n) is 4.46. The number of fused-ring (bicyclic) bond motifs is 1. The van der Waals surface area contributed by atoms with Crippen LogP contribution in [0.3, 0.4) is 0 Å². The Morgan fingerprint density at radius 3 is 2.28 bits per heavy atom. The fourth-order valence-electron chi connectivity index (χ4n) is 3.01. The highest BCUT2D eigenvalue weighted by molar-refractivity contribution is 9.10. The molecule has 0 amide bonds. The minimum Gasteiger partial charge on any atom is -0.421 e. The number of carbonyl (C=O) groups is 1. The summed E-state index contributed by atoms with van der Waals surface area (Å²) in [5.41, 5.74) is 1.56. The van der Waals surface area contributed by atoms with E-state index < -0.39 is 16.0 Å². The second kappa shape index (κ2) is 7.85. The maximum atomic E-state index is 13.1. The maximum Gasteiger partial charge on any atom is 0.343 e. The molecule has 29 heavy (non-hydrogen) atoms. The third kappa shape index (κ3) is 3.97. The molecular weight excluding hydrogens is 454 g/mol. The van der Waals surface area contributed by atoms with Crippen LogP contribution in [0.2, 0.25) is 0 Å². The number of esters is 1. The first-order valence-corrected chi connectivity index (χ1v) is 11.0. The predicted octanol–water partition coefficient (Wildman–Crippen LogP) is 4.81. The summed E-state index contributed by atoms with van der Waals surface area (Å²) in [6.45, 7) is 0.136. The molecule has 0 saturated heterocycles. The molecule has 146 valence electrons. The van der Waals surface area contributed by atoms with Gasteiger partial charge in [0.1, 0.15) is 0 Å². The zero-order valence-electron chi connectivity index (χ0n) is 15.2. The van der Waals surface area contributed by atoms with E-state index in [0.717, 1.165) is 10.0 Å². The van der Waals surface area contributed by atoms with E-state index in [1.807, 2.05) is 30.3 Å². The van der Waals surface area contributed by atoms with Gasteiger partial charge in [-0.05, 0) is 42.0 Å². The topological polar surface area (TPSA) is 63.7 Å². The van der Waals surface area contributed by atoms with Gasteiger partial charge in [-0.2, -0.15) is 0 Å². The van der Waals surface area contributed by atoms with E-state index in [2.05, 4.69) is 15.9 Å². The van der Waals surface area contributed by atoms with Crippen LogP contribution in [0.1, 0.15) is 21.5 Å². The van der Waals surface area contributed by atoms with Gasteiger partial charge in [0.25, 0.3) is 10.0 Å². The Bertz CT molecular complexity index is 1190. The standard InChI is InChI=1S/C22H16BrNO4S/c23-18-12-10-17(11-13-18)22(25)28-20-15-24(14-16-6-2-1-3-7-16)29(26,27)21-9-5-4-8-19(20)21/h1-13,15H,14H2. The molecule has 0 saturated carbocycles. The van der Waals surface area contributed by atoms with Crippen molar-refractivity contribution in [3.63, 3.8) is 0 Å². The van der Waals surface area contributed by atoms with Crippen LogP contribution in [-0.4, -0.2) is 18.7 Å². The number of sulfonamides is 1. The molecule has 0 atom stereocenters. The van der Waals surface area contributed by atoms with Crippen molar-refractivity contribution in [1.82, 2.24) is 4.31 Å². The monoisotopic (exact) mass is 469 g/mol. The summed E-state index contributed by atoms with van der Waals surface area (Å²) >= 11 is 3.33. The van der Waals surface area contributed by atoms with Crippen LogP contribution in [-0.2, 0) is 21.3 Å². The second-order valence-corrected chi connectivity index (χ2v) is 9.20. The number of carbonyl (C=O) groups excluding carboxylic acids is 1. The normalized spacial score (nSPS) is 14.7. The summed E-state index contributed by atoms with van der Waals surface area (Å²) in [6.07, 6.45) is 1.38. The molecule has 0 N–H and O–H groups in total. The van der Waals surface area contributed by atoms with Gasteiger partial charge in [0.15, 0.2) is 5.76 Å². The van der Waals surface area contributed by atoms with Gasteiger partial charge in [0, 0.05) is 10.0 Å². The number of hydrogen-bond donors (Lipinski definition) is 0. The number of ether oxygens (including phenoxy) is 1. The molecule has 0 aromatic heterocycles. The fraction of sp³-hybridized carbons (Fsp3) is 0.0455. The minimum absolute atomic E-state index is 0.108. The van der Waals surface area contributed by atoms with E-state index in [1.165, 1.54) is 16.6 Å². The summed E-state index contributed by atoms with van der Waals surface area (Å²) in [7, 11) is -3.76. The van der Waals surface area contributed by atoms with Gasteiger partial charge >= 0.3 is 5.97 Å². The Labute approximate surface area is 177 Å². The average molecular weight is 470 g/mol. The van der Waals surface area contributed by atoms with E-state index in [4.69, 9.17) is 4.74 Å². The summed E-state index contributed by atoms with van der Waals surface area (Å²) in [5.74, 6) is -0.364. The van der Waals surface area contributed by atoms with Gasteiger partial charge in [0.2, 0.25) is 0 Å². The lowest BCUT2D eigenvalue weighted by Crippen LogP contribution is -2.30. The molecule has 0 radical (unpaired) electrons. The molecule has 1 aliphatic heterocycles. The molecule has 0 fully saturated rings. The molecule has 4 rings (SSSR count). The minimum atomic E-state index is -3.76. The number of nitrogens with zero attached hydrogens (tertiary/aromatic N) is 1. The summed E-state index contributed by atoms with van der Waals surface area (Å²) in [6, 6.07) is 22.5. The number of hydrogen-bond acceptors (Lipinski definition) is 4. The second-order valence-electron chi connectivity index (χ2n) is 6.42. The Morgan fingerprint density at radius 1 is 0.897 bits per heavy atom. The third-order valence-corrected chi connectivity index (χ3v) is 6.76. The molecule has 0 unspecified atom stereocenters. The average Bonchev–Trinajstić information content (AvgIpc) is 2.73. The maximum absolute atomic E-state index is 13.1. The quantitative estimate of drug-likeness (QED) is 0.514. The largest absolute Gasteiger partial charge is 0.421 e. The van der Waals surface area contributed by atoms with Gasteiger partial charge in [-0.1, -0.05) is 58.4 Å². The van der Waals surface area contributed by atoms with Gasteiger partial charge in [-0.25, -0.2) is 13.2 Å². The van der Waals surface area contributed by atoms with Crippen LogP contribution < -0.4 is 0 Å². The SMILES string of the molecule is O=C(OC1=CN(Cc2ccccc2)S(=O)(=O)c2ccccc21)c1ccc(Br)cc1. The molecule has 0 spiro atoms. The number of halogens is 1.